The van der Waals surface area contributed by atoms with Crippen molar-refractivity contribution >= 4 is 10.0 Å². The van der Waals surface area contributed by atoms with E-state index in [-0.39, 0.29) is 18.0 Å². The third kappa shape index (κ3) is 2.15. The predicted octanol–water partition coefficient (Wildman–Crippen LogP) is 0.450. The first-order chi connectivity index (χ1) is 7.87. The van der Waals surface area contributed by atoms with Crippen molar-refractivity contribution in [2.24, 2.45) is 0 Å². The maximum Gasteiger partial charge on any atom is 0.246 e. The first-order valence-corrected chi connectivity index (χ1v) is 6.66. The molecule has 17 heavy (non-hydrogen) atoms. The van der Waals surface area contributed by atoms with Crippen LogP contribution in [0, 0.1) is 0 Å². The van der Waals surface area contributed by atoms with Gasteiger partial charge in [0.2, 0.25) is 10.0 Å². The lowest BCUT2D eigenvalue weighted by atomic mass is 10.0. The Balaban J connectivity index is 2.33. The molecule has 5 nitrogen and oxygen atoms in total. The van der Waals surface area contributed by atoms with Crippen LogP contribution in [-0.4, -0.2) is 43.6 Å². The fourth-order valence-electron chi connectivity index (χ4n) is 1.85. The molecule has 1 aliphatic heterocycles. The van der Waals surface area contributed by atoms with Crippen LogP contribution in [0.5, 0.6) is 5.75 Å². The Labute approximate surface area is 101 Å². The van der Waals surface area contributed by atoms with E-state index in [4.69, 9.17) is 4.74 Å². The van der Waals surface area contributed by atoms with E-state index in [0.29, 0.717) is 5.75 Å². The molecule has 1 aromatic rings. The van der Waals surface area contributed by atoms with E-state index in [9.17, 15) is 13.5 Å². The molecule has 1 N–H and O–H groups in total. The van der Waals surface area contributed by atoms with Gasteiger partial charge in [-0.3, -0.25) is 0 Å². The first kappa shape index (κ1) is 12.3. The van der Waals surface area contributed by atoms with Gasteiger partial charge in [-0.05, 0) is 19.1 Å². The minimum atomic E-state index is -3.57. The van der Waals surface area contributed by atoms with E-state index in [1.807, 2.05) is 0 Å². The Morgan fingerprint density at radius 3 is 2.47 bits per heavy atom. The number of methoxy groups -OCH3 is 1. The van der Waals surface area contributed by atoms with E-state index in [1.54, 1.807) is 25.1 Å². The lowest BCUT2D eigenvalue weighted by molar-refractivity contribution is -0.0426. The second kappa shape index (κ2) is 3.97. The summed E-state index contributed by atoms with van der Waals surface area (Å²) in [4.78, 5) is 0.137. The summed E-state index contributed by atoms with van der Waals surface area (Å²) >= 11 is 0. The van der Waals surface area contributed by atoms with Gasteiger partial charge in [0.05, 0.1) is 12.7 Å². The summed E-state index contributed by atoms with van der Waals surface area (Å²) in [5.74, 6) is 0.319. The maximum absolute atomic E-state index is 12.2. The maximum atomic E-state index is 12.2. The van der Waals surface area contributed by atoms with Gasteiger partial charge in [0.25, 0.3) is 0 Å². The zero-order valence-electron chi connectivity index (χ0n) is 9.75. The van der Waals surface area contributed by atoms with Crippen molar-refractivity contribution in [2.45, 2.75) is 17.4 Å². The van der Waals surface area contributed by atoms with Gasteiger partial charge < -0.3 is 9.84 Å². The monoisotopic (exact) mass is 257 g/mol. The fourth-order valence-corrected chi connectivity index (χ4v) is 3.68. The molecule has 2 rings (SSSR count). The number of rotatable bonds is 3. The topological polar surface area (TPSA) is 66.8 Å². The second-order valence-electron chi connectivity index (χ2n) is 4.42. The molecule has 0 unspecified atom stereocenters. The SMILES string of the molecule is COc1ccccc1S(=O)(=O)N1CC(C)(O)C1. The van der Waals surface area contributed by atoms with Crippen molar-refractivity contribution < 1.29 is 18.3 Å². The van der Waals surface area contributed by atoms with Crippen molar-refractivity contribution in [1.29, 1.82) is 0 Å². The van der Waals surface area contributed by atoms with Crippen molar-refractivity contribution in [1.82, 2.24) is 4.31 Å². The van der Waals surface area contributed by atoms with Crippen LogP contribution in [0.1, 0.15) is 6.92 Å². The molecule has 0 atom stereocenters. The minimum absolute atomic E-state index is 0.118. The van der Waals surface area contributed by atoms with Gasteiger partial charge in [-0.1, -0.05) is 12.1 Å². The largest absolute Gasteiger partial charge is 0.495 e. The quantitative estimate of drug-likeness (QED) is 0.853. The Morgan fingerprint density at radius 2 is 1.94 bits per heavy atom. The third-order valence-corrected chi connectivity index (χ3v) is 4.55. The lowest BCUT2D eigenvalue weighted by Crippen LogP contribution is -2.61. The number of aliphatic hydroxyl groups is 1. The molecule has 6 heteroatoms. The summed E-state index contributed by atoms with van der Waals surface area (Å²) in [6.45, 7) is 1.85. The standard InChI is InChI=1S/C11H15NO4S/c1-11(13)7-12(8-11)17(14,15)10-6-4-3-5-9(10)16-2/h3-6,13H,7-8H2,1-2H3. The molecule has 1 aliphatic rings. The van der Waals surface area contributed by atoms with Crippen LogP contribution in [0.3, 0.4) is 0 Å². The Bertz CT molecular complexity index is 516. The zero-order valence-corrected chi connectivity index (χ0v) is 10.6. The molecule has 94 valence electrons. The molecule has 0 saturated carbocycles. The number of hydrogen-bond donors (Lipinski definition) is 1. The number of ether oxygens (including phenoxy) is 1. The van der Waals surface area contributed by atoms with Gasteiger partial charge in [0.15, 0.2) is 0 Å². The molecule has 1 heterocycles. The molecule has 0 aromatic heterocycles. The number of β-amino-alcohol motifs (C(OH)–C–C–N with tert-alkyl or cyclic N) is 1. The Kier molecular flexibility index (Phi) is 2.89. The highest BCUT2D eigenvalue weighted by Crippen LogP contribution is 2.31. The molecule has 0 amide bonds. The van der Waals surface area contributed by atoms with E-state index in [1.165, 1.54) is 17.5 Å². The van der Waals surface area contributed by atoms with Gasteiger partial charge in [0, 0.05) is 13.1 Å². The lowest BCUT2D eigenvalue weighted by Gasteiger charge is -2.42. The second-order valence-corrected chi connectivity index (χ2v) is 6.33. The molecule has 0 aliphatic carbocycles. The molecule has 1 saturated heterocycles. The van der Waals surface area contributed by atoms with Crippen LogP contribution >= 0.6 is 0 Å². The average Bonchev–Trinajstić information content (AvgIpc) is 2.25. The smallest absolute Gasteiger partial charge is 0.246 e. The number of para-hydroxylation sites is 1. The summed E-state index contributed by atoms with van der Waals surface area (Å²) < 4.78 is 30.7. The first-order valence-electron chi connectivity index (χ1n) is 5.22. The summed E-state index contributed by atoms with van der Waals surface area (Å²) in [6.07, 6.45) is 0. The van der Waals surface area contributed by atoms with Gasteiger partial charge in [0.1, 0.15) is 10.6 Å². The molecule has 0 bridgehead atoms. The van der Waals surface area contributed by atoms with Crippen molar-refractivity contribution in [3.63, 3.8) is 0 Å². The molecular weight excluding hydrogens is 242 g/mol. The van der Waals surface area contributed by atoms with Gasteiger partial charge >= 0.3 is 0 Å². The van der Waals surface area contributed by atoms with Crippen molar-refractivity contribution in [2.75, 3.05) is 20.2 Å². The summed E-state index contributed by atoms with van der Waals surface area (Å²) in [5.41, 5.74) is -0.922. The fraction of sp³-hybridized carbons (Fsp3) is 0.455. The summed E-state index contributed by atoms with van der Waals surface area (Å²) in [7, 11) is -2.14. The van der Waals surface area contributed by atoms with E-state index in [2.05, 4.69) is 0 Å². The minimum Gasteiger partial charge on any atom is -0.495 e. The van der Waals surface area contributed by atoms with Gasteiger partial charge in [-0.25, -0.2) is 8.42 Å². The Hall–Kier alpha value is -1.11. The van der Waals surface area contributed by atoms with Crippen molar-refractivity contribution in [3.05, 3.63) is 24.3 Å². The van der Waals surface area contributed by atoms with Crippen LogP contribution < -0.4 is 4.74 Å². The van der Waals surface area contributed by atoms with Gasteiger partial charge in [-0.2, -0.15) is 4.31 Å². The number of benzene rings is 1. The van der Waals surface area contributed by atoms with E-state index < -0.39 is 15.6 Å². The molecule has 1 fully saturated rings. The highest BCUT2D eigenvalue weighted by atomic mass is 32.2. The van der Waals surface area contributed by atoms with Crippen LogP contribution in [0.4, 0.5) is 0 Å². The Morgan fingerprint density at radius 1 is 1.35 bits per heavy atom. The van der Waals surface area contributed by atoms with Gasteiger partial charge in [-0.15, -0.1) is 0 Å². The van der Waals surface area contributed by atoms with Crippen LogP contribution in [0.25, 0.3) is 0 Å². The zero-order chi connectivity index (χ0) is 12.7. The van der Waals surface area contributed by atoms with Crippen LogP contribution in [0.15, 0.2) is 29.2 Å². The van der Waals surface area contributed by atoms with E-state index in [0.717, 1.165) is 0 Å². The summed E-state index contributed by atoms with van der Waals surface area (Å²) in [5, 5.41) is 9.58. The number of nitrogens with zero attached hydrogens (tertiary/aromatic N) is 1. The highest BCUT2D eigenvalue weighted by Gasteiger charge is 2.44. The number of sulfonamides is 1. The number of hydrogen-bond acceptors (Lipinski definition) is 4. The van der Waals surface area contributed by atoms with E-state index >= 15 is 0 Å². The molecule has 1 aromatic carbocycles. The third-order valence-electron chi connectivity index (χ3n) is 2.72. The average molecular weight is 257 g/mol. The van der Waals surface area contributed by atoms with Crippen molar-refractivity contribution in [3.8, 4) is 5.75 Å². The van der Waals surface area contributed by atoms with Crippen LogP contribution in [-0.2, 0) is 10.0 Å². The molecule has 0 radical (unpaired) electrons. The summed E-state index contributed by atoms with van der Waals surface area (Å²) in [6, 6.07) is 6.46. The molecular formula is C11H15NO4S. The van der Waals surface area contributed by atoms with Crippen LogP contribution in [0.2, 0.25) is 0 Å². The molecule has 0 spiro atoms. The normalized spacial score (nSPS) is 19.7. The highest BCUT2D eigenvalue weighted by molar-refractivity contribution is 7.89. The predicted molar refractivity (Wildman–Crippen MR) is 62.4 cm³/mol.